The van der Waals surface area contributed by atoms with Gasteiger partial charge in [-0.1, -0.05) is 17.7 Å². The molecule has 6 nitrogen and oxygen atoms in total. The Balaban J connectivity index is 1.91. The molecule has 4 aromatic rings. The number of nitrogens with two attached hydrogens (primary N) is 1. The van der Waals surface area contributed by atoms with Crippen molar-refractivity contribution in [3.05, 3.63) is 82.5 Å². The molecule has 0 saturated heterocycles. The van der Waals surface area contributed by atoms with Crippen molar-refractivity contribution in [2.24, 2.45) is 0 Å². The zero-order valence-corrected chi connectivity index (χ0v) is 18.4. The quantitative estimate of drug-likeness (QED) is 0.373. The number of carbonyl (C=O) groups excluding carboxylic acids is 1. The molecular weight excluding hydrogens is 434 g/mol. The van der Waals surface area contributed by atoms with Crippen LogP contribution < -0.4 is 11.1 Å². The zero-order chi connectivity index (χ0) is 22.3. The van der Waals surface area contributed by atoms with Gasteiger partial charge in [-0.2, -0.15) is 0 Å². The first-order valence-electron chi connectivity index (χ1n) is 9.46. The molecule has 0 fully saturated rings. The summed E-state index contributed by atoms with van der Waals surface area (Å²) in [6, 6.07) is 16.5. The minimum atomic E-state index is -4.03. The summed E-state index contributed by atoms with van der Waals surface area (Å²) in [5, 5.41) is 3.45. The van der Waals surface area contributed by atoms with Crippen LogP contribution in [-0.4, -0.2) is 19.3 Å². The van der Waals surface area contributed by atoms with E-state index in [1.807, 2.05) is 19.9 Å². The third-order valence-electron chi connectivity index (χ3n) is 4.88. The number of nitrogen functional groups attached to an aromatic ring is 1. The minimum Gasteiger partial charge on any atom is -0.399 e. The van der Waals surface area contributed by atoms with Crippen LogP contribution in [0.4, 0.5) is 11.4 Å². The fourth-order valence-corrected chi connectivity index (χ4v) is 5.51. The van der Waals surface area contributed by atoms with E-state index in [9.17, 15) is 13.2 Å². The predicted molar refractivity (Wildman–Crippen MR) is 123 cm³/mol. The highest BCUT2D eigenvalue weighted by Gasteiger charge is 2.30. The average Bonchev–Trinajstić information content (AvgIpc) is 3.08. The summed E-state index contributed by atoms with van der Waals surface area (Å²) in [5.74, 6) is -0.583. The van der Waals surface area contributed by atoms with Crippen molar-refractivity contribution in [3.8, 4) is 0 Å². The first-order valence-corrected chi connectivity index (χ1v) is 11.3. The Hall–Kier alpha value is -3.29. The lowest BCUT2D eigenvalue weighted by atomic mass is 10.2. The Labute approximate surface area is 185 Å². The number of halogens is 1. The van der Waals surface area contributed by atoms with Gasteiger partial charge in [0.2, 0.25) is 9.84 Å². The summed E-state index contributed by atoms with van der Waals surface area (Å²) in [6.45, 7) is 3.65. The molecule has 4 N–H and O–H groups in total. The van der Waals surface area contributed by atoms with Crippen molar-refractivity contribution in [3.63, 3.8) is 0 Å². The summed E-state index contributed by atoms with van der Waals surface area (Å²) < 4.78 is 27.4. The number of aromatic amines is 1. The van der Waals surface area contributed by atoms with Gasteiger partial charge in [-0.3, -0.25) is 4.79 Å². The van der Waals surface area contributed by atoms with Crippen LogP contribution in [0.2, 0.25) is 5.02 Å². The van der Waals surface area contributed by atoms with E-state index in [4.69, 9.17) is 17.3 Å². The monoisotopic (exact) mass is 453 g/mol. The van der Waals surface area contributed by atoms with Gasteiger partial charge in [0.25, 0.3) is 5.91 Å². The summed E-state index contributed by atoms with van der Waals surface area (Å²) in [5.41, 5.74) is 8.79. The third kappa shape index (κ3) is 4.02. The van der Waals surface area contributed by atoms with Gasteiger partial charge in [0.15, 0.2) is 0 Å². The van der Waals surface area contributed by atoms with E-state index in [2.05, 4.69) is 10.3 Å². The fourth-order valence-electron chi connectivity index (χ4n) is 3.54. The van der Waals surface area contributed by atoms with Crippen LogP contribution in [0.15, 0.2) is 70.5 Å². The molecule has 0 bridgehead atoms. The molecule has 0 unspecified atom stereocenters. The molecular formula is C23H20ClN3O3S. The summed E-state index contributed by atoms with van der Waals surface area (Å²) in [4.78, 5) is 16.1. The van der Waals surface area contributed by atoms with Crippen molar-refractivity contribution in [1.29, 1.82) is 0 Å². The number of aryl methyl sites for hydroxylation is 2. The van der Waals surface area contributed by atoms with Gasteiger partial charge >= 0.3 is 0 Å². The Morgan fingerprint density at radius 1 is 0.968 bits per heavy atom. The summed E-state index contributed by atoms with van der Waals surface area (Å²) in [6.07, 6.45) is 0. The maximum atomic E-state index is 13.7. The van der Waals surface area contributed by atoms with Crippen LogP contribution in [0, 0.1) is 13.8 Å². The Bertz CT molecular complexity index is 1400. The van der Waals surface area contributed by atoms with E-state index in [0.717, 1.165) is 11.1 Å². The van der Waals surface area contributed by atoms with Crippen LogP contribution in [0.3, 0.4) is 0 Å². The number of amides is 1. The van der Waals surface area contributed by atoms with Gasteiger partial charge in [-0.25, -0.2) is 8.42 Å². The molecule has 3 aromatic carbocycles. The van der Waals surface area contributed by atoms with Crippen LogP contribution in [-0.2, 0) is 9.84 Å². The highest BCUT2D eigenvalue weighted by Crippen LogP contribution is 2.34. The second kappa shape index (κ2) is 7.76. The van der Waals surface area contributed by atoms with Gasteiger partial charge in [0.05, 0.1) is 4.90 Å². The molecule has 8 heteroatoms. The molecule has 158 valence electrons. The lowest BCUT2D eigenvalue weighted by molar-refractivity contribution is 0.102. The largest absolute Gasteiger partial charge is 0.399 e. The number of carbonyl (C=O) groups is 1. The molecule has 0 spiro atoms. The molecule has 1 amide bonds. The number of rotatable bonds is 4. The van der Waals surface area contributed by atoms with E-state index in [-0.39, 0.29) is 15.5 Å². The Morgan fingerprint density at radius 3 is 2.26 bits per heavy atom. The molecule has 0 aliphatic carbocycles. The van der Waals surface area contributed by atoms with Crippen LogP contribution in [0.1, 0.15) is 21.6 Å². The number of hydrogen-bond donors (Lipinski definition) is 3. The summed E-state index contributed by atoms with van der Waals surface area (Å²) in [7, 11) is -4.03. The number of benzene rings is 3. The molecule has 31 heavy (non-hydrogen) atoms. The minimum absolute atomic E-state index is 0.0618. The molecule has 0 radical (unpaired) electrons. The molecule has 0 aliphatic heterocycles. The van der Waals surface area contributed by atoms with Gasteiger partial charge in [0, 0.05) is 27.3 Å². The van der Waals surface area contributed by atoms with E-state index in [0.29, 0.717) is 27.3 Å². The second-order valence-electron chi connectivity index (χ2n) is 7.42. The molecule has 0 saturated carbocycles. The van der Waals surface area contributed by atoms with Crippen molar-refractivity contribution in [1.82, 2.24) is 4.98 Å². The maximum absolute atomic E-state index is 13.7. The van der Waals surface area contributed by atoms with Crippen molar-refractivity contribution in [2.45, 2.75) is 23.6 Å². The first kappa shape index (κ1) is 21.0. The van der Waals surface area contributed by atoms with Crippen molar-refractivity contribution < 1.29 is 13.2 Å². The Morgan fingerprint density at radius 2 is 1.61 bits per heavy atom. The van der Waals surface area contributed by atoms with Gasteiger partial charge < -0.3 is 16.0 Å². The number of fused-ring (bicyclic) bond motifs is 1. The lowest BCUT2D eigenvalue weighted by Gasteiger charge is -2.10. The normalized spacial score (nSPS) is 11.6. The van der Waals surface area contributed by atoms with Crippen molar-refractivity contribution in [2.75, 3.05) is 11.1 Å². The van der Waals surface area contributed by atoms with Crippen molar-refractivity contribution >= 4 is 49.6 Å². The van der Waals surface area contributed by atoms with Crippen LogP contribution >= 0.6 is 11.6 Å². The lowest BCUT2D eigenvalue weighted by Crippen LogP contribution is -2.16. The van der Waals surface area contributed by atoms with E-state index in [1.165, 1.54) is 0 Å². The smallest absolute Gasteiger partial charge is 0.273 e. The zero-order valence-electron chi connectivity index (χ0n) is 16.9. The van der Waals surface area contributed by atoms with Gasteiger partial charge in [-0.15, -0.1) is 0 Å². The number of hydrogen-bond acceptors (Lipinski definition) is 4. The topological polar surface area (TPSA) is 105 Å². The highest BCUT2D eigenvalue weighted by molar-refractivity contribution is 7.91. The molecule has 4 rings (SSSR count). The van der Waals surface area contributed by atoms with Crippen LogP contribution in [0.25, 0.3) is 10.9 Å². The Kier molecular flexibility index (Phi) is 5.24. The molecule has 1 heterocycles. The van der Waals surface area contributed by atoms with E-state index < -0.39 is 15.7 Å². The van der Waals surface area contributed by atoms with Gasteiger partial charge in [-0.05, 0) is 79.6 Å². The number of anilines is 2. The predicted octanol–water partition coefficient (Wildman–Crippen LogP) is 5.11. The van der Waals surface area contributed by atoms with E-state index >= 15 is 0 Å². The fraction of sp³-hybridized carbons (Fsp3) is 0.0870. The number of aromatic nitrogens is 1. The molecule has 1 aromatic heterocycles. The number of nitrogens with one attached hydrogen (secondary N) is 2. The summed E-state index contributed by atoms with van der Waals surface area (Å²) >= 11 is 6.15. The first-order chi connectivity index (χ1) is 14.6. The van der Waals surface area contributed by atoms with Crippen LogP contribution in [0.5, 0.6) is 0 Å². The third-order valence-corrected chi connectivity index (χ3v) is 6.94. The maximum Gasteiger partial charge on any atom is 0.273 e. The van der Waals surface area contributed by atoms with Gasteiger partial charge in [0.1, 0.15) is 10.6 Å². The number of sulfone groups is 1. The standard InChI is InChI=1S/C23H20ClN3O3S/c1-13-9-14(2)11-18(10-13)31(29,30)22-19-12-15(24)3-8-20(19)27-21(22)23(28)26-17-6-4-16(25)5-7-17/h3-12,27H,25H2,1-2H3,(H,26,28). The molecule has 0 atom stereocenters. The SMILES string of the molecule is Cc1cc(C)cc(S(=O)(=O)c2c(C(=O)Nc3ccc(N)cc3)[nH]c3ccc(Cl)cc23)c1. The second-order valence-corrected chi connectivity index (χ2v) is 9.74. The highest BCUT2D eigenvalue weighted by atomic mass is 35.5. The number of H-pyrrole nitrogens is 1. The average molecular weight is 454 g/mol. The molecule has 0 aliphatic rings. The van der Waals surface area contributed by atoms with E-state index in [1.54, 1.807) is 54.6 Å².